The molecule has 118 valence electrons. The Bertz CT molecular complexity index is 623. The van der Waals surface area contributed by atoms with Crippen molar-refractivity contribution in [2.75, 3.05) is 7.11 Å². The first kappa shape index (κ1) is 15.0. The number of hydrogen-bond donors (Lipinski definition) is 1. The minimum absolute atomic E-state index is 0.492. The maximum absolute atomic E-state index is 5.34. The number of rotatable bonds is 6. The first-order chi connectivity index (χ1) is 10.8. The van der Waals surface area contributed by atoms with E-state index in [1.807, 2.05) is 6.33 Å². The van der Waals surface area contributed by atoms with Gasteiger partial charge in [0.25, 0.3) is 0 Å². The van der Waals surface area contributed by atoms with Crippen LogP contribution in [0.5, 0.6) is 5.75 Å². The van der Waals surface area contributed by atoms with E-state index in [9.17, 15) is 0 Å². The number of nitrogens with one attached hydrogen (secondary N) is 1. The number of methoxy groups -OCH3 is 1. The molecule has 0 aliphatic heterocycles. The molecular weight excluding hydrogens is 276 g/mol. The minimum Gasteiger partial charge on any atom is -0.497 e. The molecule has 2 aromatic rings. The Hall–Kier alpha value is -1.88. The lowest BCUT2D eigenvalue weighted by atomic mass is 9.88. The molecule has 0 unspecified atom stereocenters. The van der Waals surface area contributed by atoms with E-state index in [-0.39, 0.29) is 0 Å². The predicted octanol–water partition coefficient (Wildman–Crippen LogP) is 2.34. The molecule has 5 heteroatoms. The van der Waals surface area contributed by atoms with E-state index < -0.39 is 0 Å². The molecule has 0 bridgehead atoms. The molecule has 22 heavy (non-hydrogen) atoms. The first-order valence-corrected chi connectivity index (χ1v) is 8.06. The van der Waals surface area contributed by atoms with Crippen molar-refractivity contribution in [3.8, 4) is 5.75 Å². The molecule has 1 atom stereocenters. The number of aryl methyl sites for hydroxylation is 2. The Kier molecular flexibility index (Phi) is 4.73. The number of nitrogens with zero attached hydrogens (tertiary/aromatic N) is 3. The summed E-state index contributed by atoms with van der Waals surface area (Å²) in [6, 6.07) is 6.91. The van der Waals surface area contributed by atoms with Gasteiger partial charge in [-0.15, -0.1) is 10.2 Å². The van der Waals surface area contributed by atoms with Gasteiger partial charge in [-0.3, -0.25) is 0 Å². The Morgan fingerprint density at radius 1 is 1.36 bits per heavy atom. The molecule has 1 heterocycles. The molecule has 5 nitrogen and oxygen atoms in total. The molecule has 1 aliphatic rings. The van der Waals surface area contributed by atoms with Crippen LogP contribution in [0.3, 0.4) is 0 Å². The second-order valence-corrected chi connectivity index (χ2v) is 5.90. The minimum atomic E-state index is 0.492. The normalized spacial score (nSPS) is 17.3. The third-order valence-electron chi connectivity index (χ3n) is 4.35. The van der Waals surface area contributed by atoms with Gasteiger partial charge in [-0.2, -0.15) is 0 Å². The second-order valence-electron chi connectivity index (χ2n) is 5.90. The Morgan fingerprint density at radius 3 is 3.09 bits per heavy atom. The summed E-state index contributed by atoms with van der Waals surface area (Å²) >= 11 is 0. The zero-order valence-corrected chi connectivity index (χ0v) is 13.4. The lowest BCUT2D eigenvalue weighted by Gasteiger charge is -2.26. The van der Waals surface area contributed by atoms with Gasteiger partial charge in [0.2, 0.25) is 0 Å². The van der Waals surface area contributed by atoms with E-state index in [0.717, 1.165) is 43.9 Å². The smallest absolute Gasteiger partial charge is 0.146 e. The van der Waals surface area contributed by atoms with Gasteiger partial charge in [0.15, 0.2) is 0 Å². The maximum atomic E-state index is 5.34. The lowest BCUT2D eigenvalue weighted by Crippen LogP contribution is -2.34. The molecule has 1 aromatic heterocycles. The predicted molar refractivity (Wildman–Crippen MR) is 86.0 cm³/mol. The SMILES string of the molecule is CCCn1cnnc1CN[C@H]1CCc2ccc(OC)cc2C1. The lowest BCUT2D eigenvalue weighted by molar-refractivity contribution is 0.410. The van der Waals surface area contributed by atoms with Crippen LogP contribution in [0.15, 0.2) is 24.5 Å². The van der Waals surface area contributed by atoms with E-state index in [4.69, 9.17) is 4.74 Å². The fraction of sp³-hybridized carbons (Fsp3) is 0.529. The highest BCUT2D eigenvalue weighted by atomic mass is 16.5. The Balaban J connectivity index is 1.61. The molecule has 1 aliphatic carbocycles. The summed E-state index contributed by atoms with van der Waals surface area (Å²) in [5.41, 5.74) is 2.85. The van der Waals surface area contributed by atoms with Crippen LogP contribution in [-0.4, -0.2) is 27.9 Å². The van der Waals surface area contributed by atoms with E-state index >= 15 is 0 Å². The van der Waals surface area contributed by atoms with Crippen LogP contribution in [0, 0.1) is 0 Å². The van der Waals surface area contributed by atoms with E-state index in [2.05, 4.69) is 45.2 Å². The van der Waals surface area contributed by atoms with Crippen molar-refractivity contribution in [1.29, 1.82) is 0 Å². The van der Waals surface area contributed by atoms with Crippen molar-refractivity contribution in [3.05, 3.63) is 41.5 Å². The zero-order chi connectivity index (χ0) is 15.4. The first-order valence-electron chi connectivity index (χ1n) is 8.06. The molecule has 0 saturated heterocycles. The number of ether oxygens (including phenoxy) is 1. The molecule has 0 fully saturated rings. The van der Waals surface area contributed by atoms with Gasteiger partial charge < -0.3 is 14.6 Å². The van der Waals surface area contributed by atoms with Crippen molar-refractivity contribution in [2.24, 2.45) is 0 Å². The summed E-state index contributed by atoms with van der Waals surface area (Å²) in [7, 11) is 1.72. The van der Waals surface area contributed by atoms with Crippen LogP contribution in [0.2, 0.25) is 0 Å². The molecule has 1 aromatic carbocycles. The van der Waals surface area contributed by atoms with Gasteiger partial charge in [0, 0.05) is 12.6 Å². The molecule has 1 N–H and O–H groups in total. The average molecular weight is 300 g/mol. The summed E-state index contributed by atoms with van der Waals surface area (Å²) in [4.78, 5) is 0. The summed E-state index contributed by atoms with van der Waals surface area (Å²) in [5.74, 6) is 1.97. The molecule has 3 rings (SSSR count). The average Bonchev–Trinajstić information content (AvgIpc) is 2.99. The van der Waals surface area contributed by atoms with Crippen molar-refractivity contribution in [3.63, 3.8) is 0 Å². The van der Waals surface area contributed by atoms with Crippen molar-refractivity contribution >= 4 is 0 Å². The fourth-order valence-electron chi connectivity index (χ4n) is 3.11. The summed E-state index contributed by atoms with van der Waals surface area (Å²) < 4.78 is 7.47. The summed E-state index contributed by atoms with van der Waals surface area (Å²) in [5, 5.41) is 11.9. The van der Waals surface area contributed by atoms with Gasteiger partial charge in [-0.1, -0.05) is 13.0 Å². The maximum Gasteiger partial charge on any atom is 0.146 e. The fourth-order valence-corrected chi connectivity index (χ4v) is 3.11. The Labute approximate surface area is 131 Å². The van der Waals surface area contributed by atoms with Crippen LogP contribution in [0.25, 0.3) is 0 Å². The van der Waals surface area contributed by atoms with Crippen LogP contribution < -0.4 is 10.1 Å². The standard InChI is InChI=1S/C17H24N4O/c1-3-8-21-12-19-20-17(21)11-18-15-6-4-13-5-7-16(22-2)10-14(13)9-15/h5,7,10,12,15,18H,3-4,6,8-9,11H2,1-2H3/t15-/m0/s1. The highest BCUT2D eigenvalue weighted by Crippen LogP contribution is 2.25. The Morgan fingerprint density at radius 2 is 2.27 bits per heavy atom. The van der Waals surface area contributed by atoms with E-state index in [1.54, 1.807) is 7.11 Å². The van der Waals surface area contributed by atoms with Crippen molar-refractivity contribution in [2.45, 2.75) is 51.7 Å². The number of aromatic nitrogens is 3. The van der Waals surface area contributed by atoms with Crippen molar-refractivity contribution < 1.29 is 4.74 Å². The second kappa shape index (κ2) is 6.92. The number of benzene rings is 1. The zero-order valence-electron chi connectivity index (χ0n) is 13.4. The summed E-state index contributed by atoms with van der Waals surface area (Å²) in [6.45, 7) is 3.93. The largest absolute Gasteiger partial charge is 0.497 e. The third-order valence-corrected chi connectivity index (χ3v) is 4.35. The van der Waals surface area contributed by atoms with Crippen LogP contribution in [-0.2, 0) is 25.9 Å². The van der Waals surface area contributed by atoms with Crippen LogP contribution >= 0.6 is 0 Å². The third kappa shape index (κ3) is 3.30. The highest BCUT2D eigenvalue weighted by molar-refractivity contribution is 5.37. The molecule has 0 amide bonds. The molecular formula is C17H24N4O. The van der Waals surface area contributed by atoms with Gasteiger partial charge in [0.05, 0.1) is 13.7 Å². The van der Waals surface area contributed by atoms with Gasteiger partial charge >= 0.3 is 0 Å². The number of fused-ring (bicyclic) bond motifs is 1. The van der Waals surface area contributed by atoms with E-state index in [0.29, 0.717) is 6.04 Å². The highest BCUT2D eigenvalue weighted by Gasteiger charge is 2.19. The number of hydrogen-bond acceptors (Lipinski definition) is 4. The van der Waals surface area contributed by atoms with Gasteiger partial charge in [0.1, 0.15) is 17.9 Å². The topological polar surface area (TPSA) is 52.0 Å². The quantitative estimate of drug-likeness (QED) is 0.889. The molecule has 0 radical (unpaired) electrons. The van der Waals surface area contributed by atoms with E-state index in [1.165, 1.54) is 17.5 Å². The molecule has 0 spiro atoms. The monoisotopic (exact) mass is 300 g/mol. The van der Waals surface area contributed by atoms with Crippen LogP contribution in [0.4, 0.5) is 0 Å². The van der Waals surface area contributed by atoms with Gasteiger partial charge in [-0.25, -0.2) is 0 Å². The van der Waals surface area contributed by atoms with Gasteiger partial charge in [-0.05, 0) is 48.9 Å². The molecule has 0 saturated carbocycles. The van der Waals surface area contributed by atoms with Crippen LogP contribution in [0.1, 0.15) is 36.7 Å². The summed E-state index contributed by atoms with van der Waals surface area (Å²) in [6.07, 6.45) is 6.26. The van der Waals surface area contributed by atoms with Crippen molar-refractivity contribution in [1.82, 2.24) is 20.1 Å².